The lowest BCUT2D eigenvalue weighted by Gasteiger charge is -2.19. The van der Waals surface area contributed by atoms with Gasteiger partial charge in [0.1, 0.15) is 5.60 Å². The van der Waals surface area contributed by atoms with E-state index >= 15 is 0 Å². The molecule has 0 fully saturated rings. The maximum atomic E-state index is 12.2. The first kappa shape index (κ1) is 21.7. The summed E-state index contributed by atoms with van der Waals surface area (Å²) in [6.07, 6.45) is 1.24. The number of carbonyl (C=O) groups excluding carboxylic acids is 3. The largest absolute Gasteiger partial charge is 0.462 e. The fraction of sp³-hybridized carbons (Fsp3) is 0.500. The van der Waals surface area contributed by atoms with Crippen LogP contribution in [0.5, 0.6) is 0 Å². The second kappa shape index (κ2) is 9.96. The summed E-state index contributed by atoms with van der Waals surface area (Å²) in [7, 11) is 0. The van der Waals surface area contributed by atoms with Crippen molar-refractivity contribution in [2.75, 3.05) is 13.2 Å². The van der Waals surface area contributed by atoms with Crippen molar-refractivity contribution in [2.45, 2.75) is 46.8 Å². The predicted octanol–water partition coefficient (Wildman–Crippen LogP) is 2.80. The first-order chi connectivity index (χ1) is 12.2. The van der Waals surface area contributed by atoms with E-state index in [2.05, 4.69) is 5.32 Å². The standard InChI is InChI=1S/C18H25NO6S/c1-6-23-15(20)13(16(21)24-7-2)10-19-11-14-12(8-9-26-14)17(22)25-18(3,4)5/h8-10,19H,6-7,11H2,1-5H3. The quantitative estimate of drug-likeness (QED) is 0.243. The molecule has 1 aromatic heterocycles. The molecule has 8 heteroatoms. The second-order valence-corrected chi connectivity index (χ2v) is 7.14. The monoisotopic (exact) mass is 383 g/mol. The highest BCUT2D eigenvalue weighted by molar-refractivity contribution is 7.10. The van der Waals surface area contributed by atoms with E-state index in [1.54, 1.807) is 46.1 Å². The zero-order chi connectivity index (χ0) is 19.7. The number of rotatable bonds is 8. The summed E-state index contributed by atoms with van der Waals surface area (Å²) in [5, 5.41) is 4.64. The number of thiophene rings is 1. The highest BCUT2D eigenvalue weighted by Crippen LogP contribution is 2.20. The predicted molar refractivity (Wildman–Crippen MR) is 97.7 cm³/mol. The van der Waals surface area contributed by atoms with Crippen LogP contribution in [0.2, 0.25) is 0 Å². The molecule has 0 aliphatic rings. The molecule has 0 aromatic carbocycles. The van der Waals surface area contributed by atoms with Crippen molar-refractivity contribution in [3.8, 4) is 0 Å². The van der Waals surface area contributed by atoms with E-state index in [9.17, 15) is 14.4 Å². The Labute approximate surface area is 157 Å². The van der Waals surface area contributed by atoms with Gasteiger partial charge in [-0.05, 0) is 46.1 Å². The molecule has 1 heterocycles. The van der Waals surface area contributed by atoms with Gasteiger partial charge >= 0.3 is 17.9 Å². The lowest BCUT2D eigenvalue weighted by molar-refractivity contribution is -0.146. The van der Waals surface area contributed by atoms with E-state index in [0.717, 1.165) is 4.88 Å². The molecule has 0 aliphatic heterocycles. The summed E-state index contributed by atoms with van der Waals surface area (Å²) in [4.78, 5) is 36.7. The van der Waals surface area contributed by atoms with Gasteiger partial charge in [0, 0.05) is 17.6 Å². The van der Waals surface area contributed by atoms with Crippen LogP contribution in [0, 0.1) is 0 Å². The molecule has 0 bridgehead atoms. The third-order valence-corrected chi connectivity index (χ3v) is 3.78. The van der Waals surface area contributed by atoms with Gasteiger partial charge in [-0.1, -0.05) is 0 Å². The number of carbonyl (C=O) groups is 3. The normalized spacial score (nSPS) is 10.7. The summed E-state index contributed by atoms with van der Waals surface area (Å²) < 4.78 is 15.1. The van der Waals surface area contributed by atoms with E-state index in [-0.39, 0.29) is 25.3 Å². The Morgan fingerprint density at radius 1 is 1.12 bits per heavy atom. The van der Waals surface area contributed by atoms with Crippen LogP contribution in [-0.2, 0) is 30.3 Å². The molecular weight excluding hydrogens is 358 g/mol. The van der Waals surface area contributed by atoms with Gasteiger partial charge in [0.15, 0.2) is 5.57 Å². The smallest absolute Gasteiger partial charge is 0.347 e. The van der Waals surface area contributed by atoms with E-state index < -0.39 is 23.5 Å². The van der Waals surface area contributed by atoms with Gasteiger partial charge in [-0.2, -0.15) is 0 Å². The number of esters is 3. The Kier molecular flexibility index (Phi) is 8.31. The molecule has 0 saturated carbocycles. The van der Waals surface area contributed by atoms with Crippen molar-refractivity contribution in [2.24, 2.45) is 0 Å². The number of hydrogen-bond donors (Lipinski definition) is 1. The molecule has 7 nitrogen and oxygen atoms in total. The summed E-state index contributed by atoms with van der Waals surface area (Å²) >= 11 is 1.37. The van der Waals surface area contributed by atoms with Crippen molar-refractivity contribution < 1.29 is 28.6 Å². The minimum absolute atomic E-state index is 0.142. The average Bonchev–Trinajstić information content (AvgIpc) is 2.98. The Morgan fingerprint density at radius 2 is 1.69 bits per heavy atom. The Bertz CT molecular complexity index is 651. The van der Waals surface area contributed by atoms with E-state index in [1.807, 2.05) is 0 Å². The molecule has 1 rings (SSSR count). The second-order valence-electron chi connectivity index (χ2n) is 6.14. The van der Waals surface area contributed by atoms with Crippen molar-refractivity contribution in [3.05, 3.63) is 33.7 Å². The molecule has 26 heavy (non-hydrogen) atoms. The van der Waals surface area contributed by atoms with Gasteiger partial charge in [0.25, 0.3) is 0 Å². The highest BCUT2D eigenvalue weighted by Gasteiger charge is 2.22. The molecule has 0 atom stereocenters. The fourth-order valence-corrected chi connectivity index (χ4v) is 2.67. The van der Waals surface area contributed by atoms with E-state index in [0.29, 0.717) is 5.56 Å². The summed E-state index contributed by atoms with van der Waals surface area (Å²) in [5.74, 6) is -1.95. The van der Waals surface area contributed by atoms with Crippen LogP contribution in [0.4, 0.5) is 0 Å². The molecule has 0 aliphatic carbocycles. The average molecular weight is 383 g/mol. The number of hydrogen-bond acceptors (Lipinski definition) is 8. The molecular formula is C18H25NO6S. The topological polar surface area (TPSA) is 90.9 Å². The summed E-state index contributed by atoms with van der Waals surface area (Å²) in [5.41, 5.74) is -0.381. The lowest BCUT2D eigenvalue weighted by atomic mass is 10.2. The Balaban J connectivity index is 2.85. The zero-order valence-electron chi connectivity index (χ0n) is 15.7. The molecule has 144 valence electrons. The van der Waals surface area contributed by atoms with Crippen molar-refractivity contribution >= 4 is 29.2 Å². The van der Waals surface area contributed by atoms with Crippen molar-refractivity contribution in [3.63, 3.8) is 0 Å². The molecule has 0 spiro atoms. The highest BCUT2D eigenvalue weighted by atomic mass is 32.1. The van der Waals surface area contributed by atoms with Gasteiger partial charge in [0.05, 0.1) is 18.8 Å². The SMILES string of the molecule is CCOC(=O)C(=CNCc1sccc1C(=O)OC(C)(C)C)C(=O)OCC. The first-order valence-corrected chi connectivity index (χ1v) is 9.15. The zero-order valence-corrected chi connectivity index (χ0v) is 16.5. The van der Waals surface area contributed by atoms with Crippen LogP contribution < -0.4 is 5.32 Å². The Morgan fingerprint density at radius 3 is 2.19 bits per heavy atom. The fourth-order valence-electron chi connectivity index (χ4n) is 1.86. The lowest BCUT2D eigenvalue weighted by Crippen LogP contribution is -2.24. The van der Waals surface area contributed by atoms with Gasteiger partial charge in [-0.3, -0.25) is 0 Å². The number of ether oxygens (including phenoxy) is 3. The minimum Gasteiger partial charge on any atom is -0.462 e. The van der Waals surface area contributed by atoms with Crippen LogP contribution >= 0.6 is 11.3 Å². The van der Waals surface area contributed by atoms with Crippen LogP contribution in [0.25, 0.3) is 0 Å². The summed E-state index contributed by atoms with van der Waals surface area (Å²) in [6.45, 7) is 9.20. The third kappa shape index (κ3) is 6.87. The van der Waals surface area contributed by atoms with Gasteiger partial charge in [0.2, 0.25) is 0 Å². The van der Waals surface area contributed by atoms with E-state index in [1.165, 1.54) is 17.5 Å². The molecule has 0 radical (unpaired) electrons. The molecule has 1 N–H and O–H groups in total. The van der Waals surface area contributed by atoms with Crippen molar-refractivity contribution in [1.82, 2.24) is 5.32 Å². The molecule has 0 amide bonds. The Hall–Kier alpha value is -2.35. The third-order valence-electron chi connectivity index (χ3n) is 2.86. The molecule has 1 aromatic rings. The van der Waals surface area contributed by atoms with Crippen LogP contribution in [0.3, 0.4) is 0 Å². The summed E-state index contributed by atoms with van der Waals surface area (Å²) in [6, 6.07) is 1.68. The van der Waals surface area contributed by atoms with Crippen molar-refractivity contribution in [1.29, 1.82) is 0 Å². The first-order valence-electron chi connectivity index (χ1n) is 8.27. The van der Waals surface area contributed by atoms with Gasteiger partial charge in [-0.15, -0.1) is 11.3 Å². The van der Waals surface area contributed by atoms with E-state index in [4.69, 9.17) is 14.2 Å². The molecule has 0 unspecified atom stereocenters. The van der Waals surface area contributed by atoms with Gasteiger partial charge in [-0.25, -0.2) is 14.4 Å². The van der Waals surface area contributed by atoms with Crippen LogP contribution in [0.15, 0.2) is 23.2 Å². The maximum absolute atomic E-state index is 12.2. The minimum atomic E-state index is -0.767. The van der Waals surface area contributed by atoms with Crippen LogP contribution in [-0.4, -0.2) is 36.7 Å². The maximum Gasteiger partial charge on any atom is 0.347 e. The molecule has 0 saturated heterocycles. The number of nitrogens with one attached hydrogen (secondary N) is 1. The van der Waals surface area contributed by atoms with Gasteiger partial charge < -0.3 is 19.5 Å². The van der Waals surface area contributed by atoms with Crippen LogP contribution in [0.1, 0.15) is 49.9 Å².